The minimum absolute atomic E-state index is 0.00218. The van der Waals surface area contributed by atoms with Gasteiger partial charge in [-0.1, -0.05) is 18.2 Å². The molecule has 2 atom stereocenters. The molecule has 0 aliphatic carbocycles. The predicted molar refractivity (Wildman–Crippen MR) is 79.4 cm³/mol. The van der Waals surface area contributed by atoms with Crippen molar-refractivity contribution in [1.82, 2.24) is 14.7 Å². The molecule has 1 aromatic carbocycles. The van der Waals surface area contributed by atoms with Gasteiger partial charge in [0.25, 0.3) is 0 Å². The first-order valence-electron chi connectivity index (χ1n) is 7.52. The topological polar surface area (TPSA) is 43.9 Å². The Morgan fingerprint density at radius 1 is 1.18 bits per heavy atom. The second-order valence-corrected chi connectivity index (χ2v) is 6.00. The van der Waals surface area contributed by atoms with Crippen LogP contribution in [0.4, 0.5) is 4.39 Å². The van der Waals surface area contributed by atoms with Crippen molar-refractivity contribution < 1.29 is 14.0 Å². The maximum Gasteiger partial charge on any atom is 0.247 e. The standard InChI is InChI=1S/C16H20FN3O2/c1-11-15(21)20-8-7-19(10-14(20)16(22)18(11)2)9-12-5-3-4-6-13(12)17/h3-6,11,14H,7-10H2,1-2H3/t11-,14+/m0/s1. The zero-order valence-corrected chi connectivity index (χ0v) is 12.8. The van der Waals surface area contributed by atoms with Crippen molar-refractivity contribution in [1.29, 1.82) is 0 Å². The fourth-order valence-corrected chi connectivity index (χ4v) is 3.16. The molecule has 118 valence electrons. The molecule has 2 fully saturated rings. The lowest BCUT2D eigenvalue weighted by molar-refractivity contribution is -0.163. The van der Waals surface area contributed by atoms with Gasteiger partial charge in [-0.05, 0) is 13.0 Å². The van der Waals surface area contributed by atoms with Gasteiger partial charge in [-0.15, -0.1) is 0 Å². The van der Waals surface area contributed by atoms with Crippen LogP contribution in [0.2, 0.25) is 0 Å². The Hall–Kier alpha value is -1.95. The van der Waals surface area contributed by atoms with Crippen LogP contribution in [0.25, 0.3) is 0 Å². The molecule has 2 amide bonds. The maximum atomic E-state index is 13.8. The van der Waals surface area contributed by atoms with E-state index in [2.05, 4.69) is 0 Å². The average Bonchev–Trinajstić information content (AvgIpc) is 2.53. The van der Waals surface area contributed by atoms with Gasteiger partial charge >= 0.3 is 0 Å². The molecule has 2 aliphatic heterocycles. The number of benzene rings is 1. The molecule has 0 saturated carbocycles. The third kappa shape index (κ3) is 2.47. The van der Waals surface area contributed by atoms with Crippen molar-refractivity contribution in [3.8, 4) is 0 Å². The summed E-state index contributed by atoms with van der Waals surface area (Å²) < 4.78 is 13.8. The normalized spacial score (nSPS) is 26.3. The Balaban J connectivity index is 1.74. The molecule has 3 rings (SSSR count). The molecule has 0 bridgehead atoms. The van der Waals surface area contributed by atoms with Gasteiger partial charge in [-0.3, -0.25) is 14.5 Å². The quantitative estimate of drug-likeness (QED) is 0.808. The van der Waals surface area contributed by atoms with Crippen molar-refractivity contribution >= 4 is 11.8 Å². The number of carbonyl (C=O) groups is 2. The summed E-state index contributed by atoms with van der Waals surface area (Å²) in [7, 11) is 1.66. The molecule has 0 aromatic heterocycles. The summed E-state index contributed by atoms with van der Waals surface area (Å²) in [6.07, 6.45) is 0. The second kappa shape index (κ2) is 5.68. The number of fused-ring (bicyclic) bond motifs is 1. The SMILES string of the molecule is C[C@H]1C(=O)N2CCN(Cc3ccccc3F)C[C@@H]2C(=O)N1C. The zero-order chi connectivity index (χ0) is 15.9. The van der Waals surface area contributed by atoms with Crippen LogP contribution in [0.3, 0.4) is 0 Å². The second-order valence-electron chi connectivity index (χ2n) is 6.00. The third-order valence-corrected chi connectivity index (χ3v) is 4.67. The summed E-state index contributed by atoms with van der Waals surface area (Å²) >= 11 is 0. The molecule has 0 spiro atoms. The summed E-state index contributed by atoms with van der Waals surface area (Å²) in [4.78, 5) is 29.9. The Morgan fingerprint density at radius 3 is 2.64 bits per heavy atom. The lowest BCUT2D eigenvalue weighted by atomic mass is 10.0. The van der Waals surface area contributed by atoms with Gasteiger partial charge in [0.05, 0.1) is 0 Å². The Bertz CT molecular complexity index is 607. The van der Waals surface area contributed by atoms with E-state index in [1.165, 1.54) is 11.0 Å². The molecule has 22 heavy (non-hydrogen) atoms. The number of likely N-dealkylation sites (N-methyl/N-ethyl adjacent to an activating group) is 1. The van der Waals surface area contributed by atoms with Crippen molar-refractivity contribution in [3.05, 3.63) is 35.6 Å². The number of hydrogen-bond donors (Lipinski definition) is 0. The number of piperazine rings is 2. The van der Waals surface area contributed by atoms with Crippen LogP contribution in [0.5, 0.6) is 0 Å². The first kappa shape index (κ1) is 15.0. The third-order valence-electron chi connectivity index (χ3n) is 4.67. The first-order chi connectivity index (χ1) is 10.5. The van der Waals surface area contributed by atoms with E-state index in [9.17, 15) is 14.0 Å². The van der Waals surface area contributed by atoms with Gasteiger partial charge in [0.15, 0.2) is 0 Å². The average molecular weight is 305 g/mol. The maximum absolute atomic E-state index is 13.8. The van der Waals surface area contributed by atoms with Gasteiger partial charge < -0.3 is 9.80 Å². The van der Waals surface area contributed by atoms with Crippen LogP contribution < -0.4 is 0 Å². The minimum atomic E-state index is -0.450. The largest absolute Gasteiger partial charge is 0.332 e. The van der Waals surface area contributed by atoms with E-state index in [0.29, 0.717) is 31.7 Å². The van der Waals surface area contributed by atoms with Crippen molar-refractivity contribution in [2.75, 3.05) is 26.7 Å². The van der Waals surface area contributed by atoms with E-state index < -0.39 is 12.1 Å². The van der Waals surface area contributed by atoms with E-state index in [-0.39, 0.29) is 17.6 Å². The number of rotatable bonds is 2. The molecule has 1 aromatic rings. The molecule has 6 heteroatoms. The molecule has 2 heterocycles. The molecule has 0 N–H and O–H groups in total. The van der Waals surface area contributed by atoms with E-state index in [1.807, 2.05) is 4.90 Å². The van der Waals surface area contributed by atoms with Crippen LogP contribution in [0, 0.1) is 5.82 Å². The molecular formula is C16H20FN3O2. The molecule has 2 aliphatic rings. The van der Waals surface area contributed by atoms with Gasteiger partial charge in [-0.2, -0.15) is 0 Å². The summed E-state index contributed by atoms with van der Waals surface area (Å²) in [5, 5.41) is 0. The van der Waals surface area contributed by atoms with E-state index in [0.717, 1.165) is 0 Å². The highest BCUT2D eigenvalue weighted by molar-refractivity contribution is 5.96. The Morgan fingerprint density at radius 2 is 1.91 bits per heavy atom. The smallest absolute Gasteiger partial charge is 0.247 e. The molecule has 2 saturated heterocycles. The fourth-order valence-electron chi connectivity index (χ4n) is 3.16. The van der Waals surface area contributed by atoms with Crippen molar-refractivity contribution in [2.24, 2.45) is 0 Å². The highest BCUT2D eigenvalue weighted by Crippen LogP contribution is 2.22. The first-order valence-corrected chi connectivity index (χ1v) is 7.52. The molecule has 0 radical (unpaired) electrons. The Kier molecular flexibility index (Phi) is 3.87. The summed E-state index contributed by atoms with van der Waals surface area (Å²) in [5.41, 5.74) is 0.618. The fraction of sp³-hybridized carbons (Fsp3) is 0.500. The zero-order valence-electron chi connectivity index (χ0n) is 12.8. The van der Waals surface area contributed by atoms with Crippen LogP contribution in [0.1, 0.15) is 12.5 Å². The highest BCUT2D eigenvalue weighted by atomic mass is 19.1. The molecule has 5 nitrogen and oxygen atoms in total. The van der Waals surface area contributed by atoms with E-state index >= 15 is 0 Å². The number of amides is 2. The number of carbonyl (C=O) groups excluding carboxylic acids is 2. The summed E-state index contributed by atoms with van der Waals surface area (Å²) in [5.74, 6) is -0.273. The number of nitrogens with zero attached hydrogens (tertiary/aromatic N) is 3. The number of halogens is 1. The van der Waals surface area contributed by atoms with Gasteiger partial charge in [0.2, 0.25) is 11.8 Å². The van der Waals surface area contributed by atoms with Crippen molar-refractivity contribution in [2.45, 2.75) is 25.6 Å². The summed E-state index contributed by atoms with van der Waals surface area (Å²) in [6.45, 7) is 3.83. The van der Waals surface area contributed by atoms with Crippen LogP contribution in [-0.4, -0.2) is 65.3 Å². The number of hydrogen-bond acceptors (Lipinski definition) is 3. The highest BCUT2D eigenvalue weighted by Gasteiger charge is 2.44. The van der Waals surface area contributed by atoms with Gasteiger partial charge in [0, 0.05) is 38.8 Å². The van der Waals surface area contributed by atoms with Gasteiger partial charge in [-0.25, -0.2) is 4.39 Å². The van der Waals surface area contributed by atoms with Crippen LogP contribution >= 0.6 is 0 Å². The van der Waals surface area contributed by atoms with Crippen molar-refractivity contribution in [3.63, 3.8) is 0 Å². The molecule has 0 unspecified atom stereocenters. The lowest BCUT2D eigenvalue weighted by Crippen LogP contribution is -2.68. The van der Waals surface area contributed by atoms with Crippen LogP contribution in [-0.2, 0) is 16.1 Å². The van der Waals surface area contributed by atoms with E-state index in [4.69, 9.17) is 0 Å². The summed E-state index contributed by atoms with van der Waals surface area (Å²) in [6, 6.07) is 5.81. The van der Waals surface area contributed by atoms with Crippen LogP contribution in [0.15, 0.2) is 24.3 Å². The minimum Gasteiger partial charge on any atom is -0.332 e. The predicted octanol–water partition coefficient (Wildman–Crippen LogP) is 0.699. The molecular weight excluding hydrogens is 285 g/mol. The Labute approximate surface area is 129 Å². The van der Waals surface area contributed by atoms with E-state index in [1.54, 1.807) is 37.1 Å². The monoisotopic (exact) mass is 305 g/mol. The lowest BCUT2D eigenvalue weighted by Gasteiger charge is -2.47. The van der Waals surface area contributed by atoms with Gasteiger partial charge in [0.1, 0.15) is 17.9 Å².